The van der Waals surface area contributed by atoms with Crippen molar-refractivity contribution in [2.45, 2.75) is 13.1 Å². The number of furan rings is 1. The van der Waals surface area contributed by atoms with Crippen molar-refractivity contribution in [1.82, 2.24) is 14.4 Å². The van der Waals surface area contributed by atoms with Crippen LogP contribution >= 0.6 is 0 Å². The highest BCUT2D eigenvalue weighted by Crippen LogP contribution is 2.25. The molecule has 5 rings (SSSR count). The van der Waals surface area contributed by atoms with Crippen molar-refractivity contribution in [2.24, 2.45) is 0 Å². The van der Waals surface area contributed by atoms with Crippen LogP contribution in [0.15, 0.2) is 71.3 Å². The molecule has 5 nitrogen and oxygen atoms in total. The summed E-state index contributed by atoms with van der Waals surface area (Å²) in [7, 11) is 0. The predicted octanol–water partition coefficient (Wildman–Crippen LogP) is 4.52. The number of benzene rings is 2. The van der Waals surface area contributed by atoms with E-state index in [9.17, 15) is 13.6 Å². The Morgan fingerprint density at radius 2 is 1.69 bits per heavy atom. The third-order valence-electron chi connectivity index (χ3n) is 5.99. The maximum atomic E-state index is 14.3. The molecule has 0 N–H and O–H groups in total. The molecule has 1 aliphatic rings. The number of aromatic nitrogens is 1. The average molecular weight is 435 g/mol. The van der Waals surface area contributed by atoms with Crippen LogP contribution in [0, 0.1) is 11.6 Å². The lowest BCUT2D eigenvalue weighted by molar-refractivity contribution is 0.0619. The fourth-order valence-corrected chi connectivity index (χ4v) is 4.26. The van der Waals surface area contributed by atoms with Gasteiger partial charge in [0.15, 0.2) is 5.58 Å². The van der Waals surface area contributed by atoms with Gasteiger partial charge in [0.05, 0.1) is 18.3 Å². The van der Waals surface area contributed by atoms with E-state index in [0.29, 0.717) is 35.4 Å². The molecule has 0 radical (unpaired) electrons. The van der Waals surface area contributed by atoms with E-state index in [1.54, 1.807) is 23.0 Å². The van der Waals surface area contributed by atoms with Gasteiger partial charge >= 0.3 is 0 Å². The van der Waals surface area contributed by atoms with Crippen LogP contribution in [0.2, 0.25) is 0 Å². The van der Waals surface area contributed by atoms with Crippen LogP contribution in [-0.4, -0.2) is 46.5 Å². The summed E-state index contributed by atoms with van der Waals surface area (Å²) >= 11 is 0. The quantitative estimate of drug-likeness (QED) is 0.463. The van der Waals surface area contributed by atoms with Gasteiger partial charge in [-0.1, -0.05) is 36.4 Å². The Balaban J connectivity index is 1.34. The first kappa shape index (κ1) is 20.5. The molecule has 0 unspecified atom stereocenters. The first-order valence-corrected chi connectivity index (χ1v) is 10.6. The Morgan fingerprint density at radius 1 is 0.906 bits per heavy atom. The molecule has 0 saturated carbocycles. The molecule has 2 aromatic heterocycles. The van der Waals surface area contributed by atoms with Gasteiger partial charge in [0.1, 0.15) is 17.3 Å². The van der Waals surface area contributed by atoms with Gasteiger partial charge in [0.2, 0.25) is 0 Å². The van der Waals surface area contributed by atoms with Crippen LogP contribution in [0.4, 0.5) is 8.78 Å². The minimum Gasteiger partial charge on any atom is -0.463 e. The first-order valence-electron chi connectivity index (χ1n) is 10.6. The van der Waals surface area contributed by atoms with Crippen molar-refractivity contribution in [3.05, 3.63) is 95.4 Å². The van der Waals surface area contributed by atoms with Crippen LogP contribution in [0.5, 0.6) is 0 Å². The van der Waals surface area contributed by atoms with E-state index in [-0.39, 0.29) is 12.5 Å². The van der Waals surface area contributed by atoms with Crippen LogP contribution in [0.1, 0.15) is 21.6 Å². The number of rotatable bonds is 5. The van der Waals surface area contributed by atoms with Crippen molar-refractivity contribution in [3.63, 3.8) is 0 Å². The number of halogens is 2. The fraction of sp³-hybridized carbons (Fsp3) is 0.240. The smallest absolute Gasteiger partial charge is 0.270 e. The van der Waals surface area contributed by atoms with Gasteiger partial charge in [-0.3, -0.25) is 9.69 Å². The summed E-state index contributed by atoms with van der Waals surface area (Å²) < 4.78 is 34.9. The van der Waals surface area contributed by atoms with E-state index in [1.807, 2.05) is 23.1 Å². The Morgan fingerprint density at radius 3 is 2.44 bits per heavy atom. The monoisotopic (exact) mass is 435 g/mol. The van der Waals surface area contributed by atoms with Crippen LogP contribution < -0.4 is 0 Å². The largest absolute Gasteiger partial charge is 0.463 e. The van der Waals surface area contributed by atoms with Crippen molar-refractivity contribution in [1.29, 1.82) is 0 Å². The summed E-state index contributed by atoms with van der Waals surface area (Å²) in [5, 5.41) is 0. The van der Waals surface area contributed by atoms with Gasteiger partial charge in [0, 0.05) is 56.5 Å². The van der Waals surface area contributed by atoms with Gasteiger partial charge in [-0.15, -0.1) is 0 Å². The summed E-state index contributed by atoms with van der Waals surface area (Å²) in [5.74, 6) is -1.38. The first-order chi connectivity index (χ1) is 15.6. The van der Waals surface area contributed by atoms with Crippen LogP contribution in [0.3, 0.4) is 0 Å². The molecule has 0 bridgehead atoms. The van der Waals surface area contributed by atoms with Crippen molar-refractivity contribution in [3.8, 4) is 0 Å². The number of piperazine rings is 1. The summed E-state index contributed by atoms with van der Waals surface area (Å²) in [6.07, 6.45) is 1.54. The molecule has 4 aromatic rings. The average Bonchev–Trinajstić information content (AvgIpc) is 3.39. The van der Waals surface area contributed by atoms with Gasteiger partial charge < -0.3 is 13.9 Å². The molecule has 3 heterocycles. The Hall–Kier alpha value is -3.45. The zero-order valence-corrected chi connectivity index (χ0v) is 17.5. The number of carbonyl (C=O) groups is 1. The number of carbonyl (C=O) groups excluding carboxylic acids is 1. The predicted molar refractivity (Wildman–Crippen MR) is 117 cm³/mol. The topological polar surface area (TPSA) is 41.6 Å². The Labute approximate surface area is 184 Å². The zero-order valence-electron chi connectivity index (χ0n) is 17.5. The molecule has 1 aliphatic heterocycles. The number of hydrogen-bond donors (Lipinski definition) is 0. The standard InChI is InChI=1S/C25H23F2N3O2/c26-20-7-6-19(21(27)14-20)17-30-22-8-13-32-24(22)15-23(30)25(31)29-11-9-28(10-12-29)16-18-4-2-1-3-5-18/h1-8,13-15H,9-12,16-17H2. The second-order valence-corrected chi connectivity index (χ2v) is 8.08. The van der Waals surface area contributed by atoms with Crippen molar-refractivity contribution in [2.75, 3.05) is 26.2 Å². The van der Waals surface area contributed by atoms with E-state index in [1.165, 1.54) is 17.7 Å². The number of nitrogens with zero attached hydrogens (tertiary/aromatic N) is 3. The molecule has 2 aromatic carbocycles. The minimum atomic E-state index is -0.636. The molecule has 0 spiro atoms. The molecular formula is C25H23F2N3O2. The van der Waals surface area contributed by atoms with Gasteiger partial charge in [-0.25, -0.2) is 8.78 Å². The molecule has 164 valence electrons. The fourth-order valence-electron chi connectivity index (χ4n) is 4.26. The van der Waals surface area contributed by atoms with Crippen LogP contribution in [-0.2, 0) is 13.1 Å². The molecule has 0 atom stereocenters. The zero-order chi connectivity index (χ0) is 22.1. The third kappa shape index (κ3) is 4.03. The van der Waals surface area contributed by atoms with Crippen molar-refractivity contribution < 1.29 is 18.0 Å². The Kier molecular flexibility index (Phi) is 5.49. The molecule has 1 fully saturated rings. The highest BCUT2D eigenvalue weighted by molar-refractivity contribution is 5.97. The summed E-state index contributed by atoms with van der Waals surface area (Å²) in [4.78, 5) is 17.5. The molecule has 1 saturated heterocycles. The SMILES string of the molecule is O=C(c1cc2occc2n1Cc1ccc(F)cc1F)N1CCN(Cc2ccccc2)CC1. The number of amides is 1. The van der Waals surface area contributed by atoms with Gasteiger partial charge in [-0.05, 0) is 11.6 Å². The highest BCUT2D eigenvalue weighted by atomic mass is 19.1. The maximum Gasteiger partial charge on any atom is 0.270 e. The van der Waals surface area contributed by atoms with E-state index in [2.05, 4.69) is 17.0 Å². The Bertz CT molecular complexity index is 1240. The molecule has 32 heavy (non-hydrogen) atoms. The molecule has 7 heteroatoms. The van der Waals surface area contributed by atoms with Crippen molar-refractivity contribution >= 4 is 17.0 Å². The van der Waals surface area contributed by atoms with E-state index in [4.69, 9.17) is 4.42 Å². The molecule has 1 amide bonds. The lowest BCUT2D eigenvalue weighted by atomic mass is 10.2. The van der Waals surface area contributed by atoms with E-state index >= 15 is 0 Å². The highest BCUT2D eigenvalue weighted by Gasteiger charge is 2.26. The minimum absolute atomic E-state index is 0.113. The number of hydrogen-bond acceptors (Lipinski definition) is 3. The lowest BCUT2D eigenvalue weighted by Crippen LogP contribution is -2.48. The second kappa shape index (κ2) is 8.59. The third-order valence-corrected chi connectivity index (χ3v) is 5.99. The normalized spacial score (nSPS) is 14.9. The van der Waals surface area contributed by atoms with Crippen LogP contribution in [0.25, 0.3) is 11.1 Å². The maximum absolute atomic E-state index is 14.3. The van der Waals surface area contributed by atoms with E-state index < -0.39 is 11.6 Å². The van der Waals surface area contributed by atoms with Gasteiger partial charge in [-0.2, -0.15) is 0 Å². The van der Waals surface area contributed by atoms with Gasteiger partial charge in [0.25, 0.3) is 5.91 Å². The molecule has 0 aliphatic carbocycles. The second-order valence-electron chi connectivity index (χ2n) is 8.08. The summed E-state index contributed by atoms with van der Waals surface area (Å²) in [6.45, 7) is 3.76. The summed E-state index contributed by atoms with van der Waals surface area (Å²) in [6, 6.07) is 17.2. The summed E-state index contributed by atoms with van der Waals surface area (Å²) in [5.41, 5.74) is 3.28. The number of fused-ring (bicyclic) bond motifs is 1. The lowest BCUT2D eigenvalue weighted by Gasteiger charge is -2.35. The molecular weight excluding hydrogens is 412 g/mol. The van der Waals surface area contributed by atoms with E-state index in [0.717, 1.165) is 25.7 Å².